The maximum Gasteiger partial charge on any atom is 0.175 e. The zero-order chi connectivity index (χ0) is 12.1. The lowest BCUT2D eigenvalue weighted by Gasteiger charge is -1.99. The molecule has 90 valence electrons. The molecule has 1 aromatic carbocycles. The van der Waals surface area contributed by atoms with E-state index in [2.05, 4.69) is 15.4 Å². The third kappa shape index (κ3) is 3.07. The van der Waals surface area contributed by atoms with Crippen LogP contribution in [0.2, 0.25) is 0 Å². The fraction of sp³-hybridized carbons (Fsp3) is 0.364. The lowest BCUT2D eigenvalue weighted by Crippen LogP contribution is -2.06. The molecule has 0 unspecified atom stereocenters. The Bertz CT molecular complexity index is 486. The molecule has 0 saturated heterocycles. The number of nitrogens with zero attached hydrogens (tertiary/aromatic N) is 4. The van der Waals surface area contributed by atoms with Crippen LogP contribution in [0.25, 0.3) is 0 Å². The van der Waals surface area contributed by atoms with Gasteiger partial charge in [0.2, 0.25) is 0 Å². The number of hydrogen-bond acceptors (Lipinski definition) is 4. The zero-order valence-electron chi connectivity index (χ0n) is 9.25. The molecule has 5 nitrogen and oxygen atoms in total. The number of tetrazole rings is 1. The van der Waals surface area contributed by atoms with E-state index in [-0.39, 0.29) is 12.4 Å². The summed E-state index contributed by atoms with van der Waals surface area (Å²) in [4.78, 5) is 1.33. The number of hydrogen-bond donors (Lipinski definition) is 1. The first-order valence-corrected chi connectivity index (χ1v) is 5.40. The molecule has 6 heteroatoms. The molecule has 0 saturated carbocycles. The Morgan fingerprint density at radius 2 is 2.06 bits per heavy atom. The summed E-state index contributed by atoms with van der Waals surface area (Å²) in [6.07, 6.45) is 1.07. The van der Waals surface area contributed by atoms with Crippen LogP contribution < -0.4 is 0 Å². The van der Waals surface area contributed by atoms with Gasteiger partial charge in [-0.15, -0.1) is 10.2 Å². The Morgan fingerprint density at radius 3 is 2.82 bits per heavy atom. The average Bonchev–Trinajstić information content (AvgIpc) is 2.76. The Morgan fingerprint density at radius 1 is 1.24 bits per heavy atom. The molecule has 0 radical (unpaired) electrons. The minimum Gasteiger partial charge on any atom is -0.394 e. The van der Waals surface area contributed by atoms with Gasteiger partial charge in [0.1, 0.15) is 5.82 Å². The van der Waals surface area contributed by atoms with E-state index in [0.29, 0.717) is 30.8 Å². The fourth-order valence-electron chi connectivity index (χ4n) is 1.51. The van der Waals surface area contributed by atoms with Gasteiger partial charge in [-0.1, -0.05) is 18.2 Å². The summed E-state index contributed by atoms with van der Waals surface area (Å²) in [5.41, 5.74) is 0.644. The van der Waals surface area contributed by atoms with Gasteiger partial charge in [0, 0.05) is 6.42 Å². The second kappa shape index (κ2) is 5.49. The lowest BCUT2D eigenvalue weighted by atomic mass is 10.1. The van der Waals surface area contributed by atoms with Crippen LogP contribution in [0.4, 0.5) is 4.39 Å². The van der Waals surface area contributed by atoms with Crippen LogP contribution in [0.5, 0.6) is 0 Å². The van der Waals surface area contributed by atoms with E-state index >= 15 is 0 Å². The first-order valence-electron chi connectivity index (χ1n) is 5.40. The van der Waals surface area contributed by atoms with Gasteiger partial charge in [0.05, 0.1) is 13.2 Å². The molecule has 1 aromatic heterocycles. The molecular weight excluding hydrogens is 223 g/mol. The third-order valence-corrected chi connectivity index (χ3v) is 2.37. The molecule has 0 atom stereocenters. The van der Waals surface area contributed by atoms with Crippen LogP contribution in [-0.2, 0) is 19.4 Å². The van der Waals surface area contributed by atoms with Gasteiger partial charge in [0.15, 0.2) is 5.82 Å². The van der Waals surface area contributed by atoms with Crippen molar-refractivity contribution in [1.29, 1.82) is 0 Å². The predicted octanol–water partition coefficient (Wildman–Crippen LogP) is 0.590. The summed E-state index contributed by atoms with van der Waals surface area (Å²) in [5, 5.41) is 20.3. The minimum absolute atomic E-state index is 0.0247. The normalized spacial score (nSPS) is 10.7. The van der Waals surface area contributed by atoms with E-state index in [1.54, 1.807) is 18.2 Å². The van der Waals surface area contributed by atoms with Crippen molar-refractivity contribution in [2.24, 2.45) is 0 Å². The molecule has 2 rings (SSSR count). The van der Waals surface area contributed by atoms with Gasteiger partial charge in [-0.25, -0.2) is 4.39 Å². The monoisotopic (exact) mass is 236 g/mol. The number of aryl methyl sites for hydroxylation is 2. The summed E-state index contributed by atoms with van der Waals surface area (Å²) >= 11 is 0. The van der Waals surface area contributed by atoms with E-state index in [0.717, 1.165) is 0 Å². The van der Waals surface area contributed by atoms with Crippen molar-refractivity contribution in [3.8, 4) is 0 Å². The topological polar surface area (TPSA) is 63.8 Å². The van der Waals surface area contributed by atoms with E-state index in [1.165, 1.54) is 10.9 Å². The second-order valence-corrected chi connectivity index (χ2v) is 3.62. The standard InChI is InChI=1S/C11H13FN4O/c12-10-4-2-1-3-9(10)5-6-11-13-15-16(14-11)7-8-17/h1-4,17H,5-8H2. The highest BCUT2D eigenvalue weighted by atomic mass is 19.1. The highest BCUT2D eigenvalue weighted by molar-refractivity contribution is 5.17. The predicted molar refractivity (Wildman–Crippen MR) is 58.7 cm³/mol. The molecule has 17 heavy (non-hydrogen) atoms. The van der Waals surface area contributed by atoms with Gasteiger partial charge in [0.25, 0.3) is 0 Å². The van der Waals surface area contributed by atoms with Gasteiger partial charge in [-0.05, 0) is 23.3 Å². The SMILES string of the molecule is OCCn1nnc(CCc2ccccc2F)n1. The van der Waals surface area contributed by atoms with Crippen molar-refractivity contribution >= 4 is 0 Å². The van der Waals surface area contributed by atoms with Gasteiger partial charge in [-0.3, -0.25) is 0 Å². The highest BCUT2D eigenvalue weighted by Crippen LogP contribution is 2.08. The van der Waals surface area contributed by atoms with Crippen molar-refractivity contribution in [2.75, 3.05) is 6.61 Å². The largest absolute Gasteiger partial charge is 0.394 e. The summed E-state index contributed by atoms with van der Waals surface area (Å²) in [6, 6.07) is 6.64. The number of benzene rings is 1. The quantitative estimate of drug-likeness (QED) is 0.825. The van der Waals surface area contributed by atoms with Crippen molar-refractivity contribution in [1.82, 2.24) is 20.2 Å². The van der Waals surface area contributed by atoms with Crippen molar-refractivity contribution in [3.05, 3.63) is 41.5 Å². The molecule has 0 aliphatic carbocycles. The van der Waals surface area contributed by atoms with Crippen molar-refractivity contribution in [2.45, 2.75) is 19.4 Å². The number of rotatable bonds is 5. The summed E-state index contributed by atoms with van der Waals surface area (Å²) in [7, 11) is 0. The van der Waals surface area contributed by atoms with E-state index < -0.39 is 0 Å². The van der Waals surface area contributed by atoms with E-state index in [4.69, 9.17) is 5.11 Å². The Labute approximate surface area is 97.9 Å². The van der Waals surface area contributed by atoms with E-state index in [9.17, 15) is 4.39 Å². The van der Waals surface area contributed by atoms with Crippen LogP contribution in [0.15, 0.2) is 24.3 Å². The molecule has 0 spiro atoms. The van der Waals surface area contributed by atoms with Gasteiger partial charge in [-0.2, -0.15) is 4.80 Å². The molecule has 1 heterocycles. The molecule has 1 N–H and O–H groups in total. The van der Waals surface area contributed by atoms with Crippen LogP contribution >= 0.6 is 0 Å². The molecule has 0 fully saturated rings. The number of aromatic nitrogens is 4. The van der Waals surface area contributed by atoms with Gasteiger partial charge >= 0.3 is 0 Å². The number of aliphatic hydroxyl groups is 1. The van der Waals surface area contributed by atoms with Gasteiger partial charge < -0.3 is 5.11 Å². The van der Waals surface area contributed by atoms with Crippen molar-refractivity contribution < 1.29 is 9.50 Å². The summed E-state index contributed by atoms with van der Waals surface area (Å²) in [6.45, 7) is 0.301. The minimum atomic E-state index is -0.213. The van der Waals surface area contributed by atoms with Crippen LogP contribution in [0.1, 0.15) is 11.4 Å². The Balaban J connectivity index is 1.95. The van der Waals surface area contributed by atoms with Crippen molar-refractivity contribution in [3.63, 3.8) is 0 Å². The van der Waals surface area contributed by atoms with Crippen LogP contribution in [-0.4, -0.2) is 31.9 Å². The van der Waals surface area contributed by atoms with E-state index in [1.807, 2.05) is 0 Å². The number of halogens is 1. The lowest BCUT2D eigenvalue weighted by molar-refractivity contribution is 0.259. The highest BCUT2D eigenvalue weighted by Gasteiger charge is 2.05. The number of aliphatic hydroxyl groups excluding tert-OH is 1. The molecule has 0 aliphatic rings. The molecule has 2 aromatic rings. The van der Waals surface area contributed by atoms with Crippen LogP contribution in [0, 0.1) is 5.82 Å². The maximum absolute atomic E-state index is 13.3. The van der Waals surface area contributed by atoms with Crippen LogP contribution in [0.3, 0.4) is 0 Å². The summed E-state index contributed by atoms with van der Waals surface area (Å²) in [5.74, 6) is 0.344. The Hall–Kier alpha value is -1.82. The Kier molecular flexibility index (Phi) is 3.77. The zero-order valence-corrected chi connectivity index (χ0v) is 9.25. The first-order chi connectivity index (χ1) is 8.29. The summed E-state index contributed by atoms with van der Waals surface area (Å²) < 4.78 is 13.3. The molecule has 0 amide bonds. The molecular formula is C11H13FN4O. The fourth-order valence-corrected chi connectivity index (χ4v) is 1.51. The molecule has 0 aliphatic heterocycles. The first kappa shape index (κ1) is 11.7. The maximum atomic E-state index is 13.3. The second-order valence-electron chi connectivity index (χ2n) is 3.62. The molecule has 0 bridgehead atoms. The average molecular weight is 236 g/mol. The third-order valence-electron chi connectivity index (χ3n) is 2.37. The smallest absolute Gasteiger partial charge is 0.175 e.